The summed E-state index contributed by atoms with van der Waals surface area (Å²) in [6.07, 6.45) is 0.912. The minimum atomic E-state index is -1.11. The van der Waals surface area contributed by atoms with Crippen LogP contribution in [0.5, 0.6) is 0 Å². The van der Waals surface area contributed by atoms with Crippen LogP contribution in [0.1, 0.15) is 13.8 Å². The van der Waals surface area contributed by atoms with Gasteiger partial charge in [-0.15, -0.1) is 0 Å². The molecule has 1 heterocycles. The fraction of sp³-hybridized carbons (Fsp3) is 0.500. The quantitative estimate of drug-likeness (QED) is 0.462. The molecule has 4 nitrogen and oxygen atoms in total. The Morgan fingerprint density at radius 2 is 2.25 bits per heavy atom. The van der Waals surface area contributed by atoms with Crippen molar-refractivity contribution < 1.29 is 19.4 Å². The minimum Gasteiger partial charge on any atom is -0.478 e. The second kappa shape index (κ2) is 2.62. The van der Waals surface area contributed by atoms with Gasteiger partial charge in [-0.3, -0.25) is 0 Å². The summed E-state index contributed by atoms with van der Waals surface area (Å²) in [5, 5.41) is 8.44. The lowest BCUT2D eigenvalue weighted by molar-refractivity contribution is -0.136. The number of hydrogen-bond donors (Lipinski definition) is 1. The molecule has 0 spiro atoms. The van der Waals surface area contributed by atoms with Crippen LogP contribution in [0, 0.1) is 5.41 Å². The summed E-state index contributed by atoms with van der Waals surface area (Å²) in [5.74, 6) is -1.64. The fourth-order valence-electron chi connectivity index (χ4n) is 1.06. The lowest BCUT2D eigenvalue weighted by atomic mass is 9.87. The van der Waals surface area contributed by atoms with E-state index in [2.05, 4.69) is 0 Å². The highest BCUT2D eigenvalue weighted by molar-refractivity contribution is 5.98. The monoisotopic (exact) mass is 170 g/mol. The fourth-order valence-corrected chi connectivity index (χ4v) is 1.06. The van der Waals surface area contributed by atoms with Gasteiger partial charge in [0, 0.05) is 11.5 Å². The van der Waals surface area contributed by atoms with Crippen LogP contribution in [-0.2, 0) is 14.3 Å². The van der Waals surface area contributed by atoms with Crippen LogP contribution in [0.15, 0.2) is 11.6 Å². The Morgan fingerprint density at radius 1 is 1.67 bits per heavy atom. The number of carbonyl (C=O) groups excluding carboxylic acids is 1. The van der Waals surface area contributed by atoms with Gasteiger partial charge in [-0.05, 0) is 0 Å². The Balaban J connectivity index is 3.00. The Labute approximate surface area is 69.8 Å². The molecule has 1 saturated heterocycles. The summed E-state index contributed by atoms with van der Waals surface area (Å²) in [7, 11) is 0. The first-order chi connectivity index (χ1) is 5.43. The molecule has 0 aromatic heterocycles. The van der Waals surface area contributed by atoms with E-state index in [1.165, 1.54) is 0 Å². The molecule has 0 aromatic carbocycles. The predicted octanol–water partition coefficient (Wildman–Crippen LogP) is 0.580. The number of rotatable bonds is 1. The Hall–Kier alpha value is -1.32. The molecule has 0 saturated carbocycles. The molecule has 1 fully saturated rings. The number of aliphatic carboxylic acids is 1. The standard InChI is InChI=1S/C8H10O4/c1-8(2)4-12-7(11)5(8)3-6(9)10/h3H,4H2,1-2H3,(H,9,10)/b5-3+. The average Bonchev–Trinajstić information content (AvgIpc) is 2.15. The summed E-state index contributed by atoms with van der Waals surface area (Å²) in [4.78, 5) is 21.3. The largest absolute Gasteiger partial charge is 0.478 e. The van der Waals surface area contributed by atoms with Gasteiger partial charge in [-0.2, -0.15) is 0 Å². The minimum absolute atomic E-state index is 0.231. The number of cyclic esters (lactones) is 1. The van der Waals surface area contributed by atoms with E-state index in [1.54, 1.807) is 13.8 Å². The van der Waals surface area contributed by atoms with Crippen LogP contribution in [0.25, 0.3) is 0 Å². The molecule has 0 atom stereocenters. The predicted molar refractivity (Wildman–Crippen MR) is 40.5 cm³/mol. The van der Waals surface area contributed by atoms with Crippen molar-refractivity contribution >= 4 is 11.9 Å². The smallest absolute Gasteiger partial charge is 0.334 e. The summed E-state index contributed by atoms with van der Waals surface area (Å²) >= 11 is 0. The Morgan fingerprint density at radius 3 is 2.58 bits per heavy atom. The van der Waals surface area contributed by atoms with E-state index in [1.807, 2.05) is 0 Å². The van der Waals surface area contributed by atoms with E-state index in [4.69, 9.17) is 9.84 Å². The lowest BCUT2D eigenvalue weighted by Gasteiger charge is -2.12. The molecule has 0 radical (unpaired) electrons. The van der Waals surface area contributed by atoms with Crippen molar-refractivity contribution in [3.63, 3.8) is 0 Å². The van der Waals surface area contributed by atoms with Gasteiger partial charge >= 0.3 is 11.9 Å². The molecule has 1 rings (SSSR count). The van der Waals surface area contributed by atoms with Crippen molar-refractivity contribution in [3.05, 3.63) is 11.6 Å². The number of esters is 1. The molecule has 0 aliphatic carbocycles. The number of hydrogen-bond acceptors (Lipinski definition) is 3. The molecule has 1 aliphatic rings. The number of carboxylic acid groups (broad SMARTS) is 1. The van der Waals surface area contributed by atoms with Gasteiger partial charge in [0.1, 0.15) is 6.61 Å². The maximum absolute atomic E-state index is 11.0. The molecular weight excluding hydrogens is 160 g/mol. The lowest BCUT2D eigenvalue weighted by Crippen LogP contribution is -2.15. The number of ether oxygens (including phenoxy) is 1. The molecular formula is C8H10O4. The third-order valence-corrected chi connectivity index (χ3v) is 1.78. The summed E-state index contributed by atoms with van der Waals surface area (Å²) in [6, 6.07) is 0. The molecule has 0 bridgehead atoms. The van der Waals surface area contributed by atoms with Crippen molar-refractivity contribution in [2.75, 3.05) is 6.61 Å². The van der Waals surface area contributed by atoms with Gasteiger partial charge in [-0.25, -0.2) is 9.59 Å². The van der Waals surface area contributed by atoms with E-state index in [0.717, 1.165) is 6.08 Å². The van der Waals surface area contributed by atoms with Crippen LogP contribution in [0.3, 0.4) is 0 Å². The maximum Gasteiger partial charge on any atom is 0.334 e. The molecule has 1 N–H and O–H groups in total. The highest BCUT2D eigenvalue weighted by atomic mass is 16.5. The molecule has 66 valence electrons. The zero-order chi connectivity index (χ0) is 9.35. The Bertz CT molecular complexity index is 262. The van der Waals surface area contributed by atoms with Crippen molar-refractivity contribution in [2.24, 2.45) is 5.41 Å². The summed E-state index contributed by atoms with van der Waals surface area (Å²) in [5.41, 5.74) is -0.245. The summed E-state index contributed by atoms with van der Waals surface area (Å²) < 4.78 is 4.71. The number of carbonyl (C=O) groups is 2. The molecule has 0 amide bonds. The second-order valence-corrected chi connectivity index (χ2v) is 3.36. The number of carboxylic acids is 1. The zero-order valence-corrected chi connectivity index (χ0v) is 6.96. The van der Waals surface area contributed by atoms with Gasteiger partial charge < -0.3 is 9.84 Å². The second-order valence-electron chi connectivity index (χ2n) is 3.36. The van der Waals surface area contributed by atoms with Crippen molar-refractivity contribution in [2.45, 2.75) is 13.8 Å². The van der Waals surface area contributed by atoms with Crippen LogP contribution >= 0.6 is 0 Å². The van der Waals surface area contributed by atoms with Crippen molar-refractivity contribution in [1.82, 2.24) is 0 Å². The molecule has 1 aliphatic heterocycles. The van der Waals surface area contributed by atoms with Gasteiger partial charge in [0.25, 0.3) is 0 Å². The van der Waals surface area contributed by atoms with Gasteiger partial charge in [0.15, 0.2) is 0 Å². The topological polar surface area (TPSA) is 63.6 Å². The van der Waals surface area contributed by atoms with Crippen LogP contribution in [0.2, 0.25) is 0 Å². The van der Waals surface area contributed by atoms with Gasteiger partial charge in [0.05, 0.1) is 5.57 Å². The van der Waals surface area contributed by atoms with Gasteiger partial charge in [-0.1, -0.05) is 13.8 Å². The van der Waals surface area contributed by atoms with Crippen molar-refractivity contribution in [1.29, 1.82) is 0 Å². The molecule has 4 heteroatoms. The van der Waals surface area contributed by atoms with Crippen LogP contribution in [-0.4, -0.2) is 23.7 Å². The average molecular weight is 170 g/mol. The SMILES string of the molecule is CC1(C)COC(=O)/C1=C\C(=O)O. The first kappa shape index (κ1) is 8.77. The third-order valence-electron chi connectivity index (χ3n) is 1.78. The van der Waals surface area contributed by atoms with E-state index < -0.39 is 17.4 Å². The van der Waals surface area contributed by atoms with E-state index in [-0.39, 0.29) is 12.2 Å². The maximum atomic E-state index is 11.0. The molecule has 0 unspecified atom stereocenters. The van der Waals surface area contributed by atoms with E-state index in [0.29, 0.717) is 0 Å². The zero-order valence-electron chi connectivity index (χ0n) is 6.96. The van der Waals surface area contributed by atoms with Crippen LogP contribution in [0.4, 0.5) is 0 Å². The van der Waals surface area contributed by atoms with E-state index in [9.17, 15) is 9.59 Å². The first-order valence-corrected chi connectivity index (χ1v) is 3.56. The summed E-state index contributed by atoms with van der Waals surface area (Å²) in [6.45, 7) is 3.80. The van der Waals surface area contributed by atoms with E-state index >= 15 is 0 Å². The van der Waals surface area contributed by atoms with Crippen LogP contribution < -0.4 is 0 Å². The third kappa shape index (κ3) is 1.47. The Kier molecular flexibility index (Phi) is 1.92. The van der Waals surface area contributed by atoms with Crippen molar-refractivity contribution in [3.8, 4) is 0 Å². The molecule has 12 heavy (non-hydrogen) atoms. The normalized spacial score (nSPS) is 24.2. The molecule has 0 aromatic rings. The first-order valence-electron chi connectivity index (χ1n) is 3.56. The highest BCUT2D eigenvalue weighted by Crippen LogP contribution is 2.33. The van der Waals surface area contributed by atoms with Gasteiger partial charge in [0.2, 0.25) is 0 Å². The highest BCUT2D eigenvalue weighted by Gasteiger charge is 2.38.